The summed E-state index contributed by atoms with van der Waals surface area (Å²) in [4.78, 5) is 21.9. The fraction of sp³-hybridized carbons (Fsp3) is 0.583. The SMILES string of the molecule is CC1CN(C(=O)Nc2ccnc(NC(C)C)n2)C1. The molecule has 1 fully saturated rings. The molecule has 1 aliphatic heterocycles. The minimum Gasteiger partial charge on any atom is -0.352 e. The van der Waals surface area contributed by atoms with E-state index < -0.39 is 0 Å². The van der Waals surface area contributed by atoms with Crippen molar-refractivity contribution in [3.63, 3.8) is 0 Å². The molecule has 0 unspecified atom stereocenters. The average molecular weight is 249 g/mol. The first-order valence-electron chi connectivity index (χ1n) is 6.20. The van der Waals surface area contributed by atoms with E-state index in [2.05, 4.69) is 27.5 Å². The second-order valence-corrected chi connectivity index (χ2v) is 5.00. The first kappa shape index (κ1) is 12.6. The number of hydrogen-bond donors (Lipinski definition) is 2. The fourth-order valence-corrected chi connectivity index (χ4v) is 1.81. The van der Waals surface area contributed by atoms with Crippen LogP contribution < -0.4 is 10.6 Å². The van der Waals surface area contributed by atoms with Gasteiger partial charge in [-0.3, -0.25) is 5.32 Å². The maximum Gasteiger partial charge on any atom is 0.323 e. The Morgan fingerprint density at radius 1 is 1.50 bits per heavy atom. The number of aromatic nitrogens is 2. The number of anilines is 2. The summed E-state index contributed by atoms with van der Waals surface area (Å²) in [5.41, 5.74) is 0. The van der Waals surface area contributed by atoms with Crippen molar-refractivity contribution in [2.45, 2.75) is 26.8 Å². The van der Waals surface area contributed by atoms with Gasteiger partial charge in [0.05, 0.1) is 0 Å². The van der Waals surface area contributed by atoms with E-state index in [1.165, 1.54) is 0 Å². The third kappa shape index (κ3) is 3.09. The smallest absolute Gasteiger partial charge is 0.323 e. The lowest BCUT2D eigenvalue weighted by Gasteiger charge is -2.36. The highest BCUT2D eigenvalue weighted by Gasteiger charge is 2.27. The molecule has 2 rings (SSSR count). The van der Waals surface area contributed by atoms with Gasteiger partial charge in [-0.15, -0.1) is 0 Å². The Hall–Kier alpha value is -1.85. The van der Waals surface area contributed by atoms with Gasteiger partial charge in [0.15, 0.2) is 0 Å². The predicted octanol–water partition coefficient (Wildman–Crippen LogP) is 1.78. The molecule has 6 heteroatoms. The number of likely N-dealkylation sites (tertiary alicyclic amines) is 1. The number of amides is 2. The van der Waals surface area contributed by atoms with Crippen LogP contribution in [0.2, 0.25) is 0 Å². The summed E-state index contributed by atoms with van der Waals surface area (Å²) in [5.74, 6) is 1.65. The summed E-state index contributed by atoms with van der Waals surface area (Å²) < 4.78 is 0. The molecule has 0 atom stereocenters. The molecule has 2 N–H and O–H groups in total. The highest BCUT2D eigenvalue weighted by Crippen LogP contribution is 2.16. The van der Waals surface area contributed by atoms with Gasteiger partial charge in [-0.25, -0.2) is 9.78 Å². The lowest BCUT2D eigenvalue weighted by molar-refractivity contribution is 0.140. The molecule has 6 nitrogen and oxygen atoms in total. The van der Waals surface area contributed by atoms with Crippen LogP contribution in [0.1, 0.15) is 20.8 Å². The molecule has 0 saturated carbocycles. The maximum atomic E-state index is 11.8. The largest absolute Gasteiger partial charge is 0.352 e. The Labute approximate surface area is 107 Å². The number of hydrogen-bond acceptors (Lipinski definition) is 4. The van der Waals surface area contributed by atoms with Crippen LogP contribution in [-0.4, -0.2) is 40.0 Å². The van der Waals surface area contributed by atoms with Crippen molar-refractivity contribution >= 4 is 17.8 Å². The van der Waals surface area contributed by atoms with Gasteiger partial charge >= 0.3 is 6.03 Å². The van der Waals surface area contributed by atoms with Crippen molar-refractivity contribution in [2.75, 3.05) is 23.7 Å². The summed E-state index contributed by atoms with van der Waals surface area (Å²) >= 11 is 0. The molecule has 2 amide bonds. The van der Waals surface area contributed by atoms with Gasteiger partial charge in [0.1, 0.15) is 5.82 Å². The van der Waals surface area contributed by atoms with Crippen molar-refractivity contribution < 1.29 is 4.79 Å². The zero-order valence-corrected chi connectivity index (χ0v) is 11.0. The van der Waals surface area contributed by atoms with Gasteiger partial charge in [-0.2, -0.15) is 4.98 Å². The normalized spacial score (nSPS) is 15.4. The first-order chi connectivity index (χ1) is 8.54. The van der Waals surface area contributed by atoms with E-state index in [0.29, 0.717) is 17.7 Å². The number of rotatable bonds is 3. The zero-order chi connectivity index (χ0) is 13.1. The van der Waals surface area contributed by atoms with E-state index >= 15 is 0 Å². The Kier molecular flexibility index (Phi) is 3.64. The maximum absolute atomic E-state index is 11.8. The summed E-state index contributed by atoms with van der Waals surface area (Å²) in [7, 11) is 0. The number of nitrogens with zero attached hydrogens (tertiary/aromatic N) is 3. The van der Waals surface area contributed by atoms with Crippen LogP contribution in [0.5, 0.6) is 0 Å². The van der Waals surface area contributed by atoms with Crippen LogP contribution in [-0.2, 0) is 0 Å². The fourth-order valence-electron chi connectivity index (χ4n) is 1.81. The van der Waals surface area contributed by atoms with E-state index in [-0.39, 0.29) is 12.1 Å². The van der Waals surface area contributed by atoms with Crippen molar-refractivity contribution in [3.8, 4) is 0 Å². The van der Waals surface area contributed by atoms with Gasteiger partial charge in [0.2, 0.25) is 5.95 Å². The minimum atomic E-state index is -0.0951. The van der Waals surface area contributed by atoms with E-state index in [0.717, 1.165) is 13.1 Å². The molecule has 0 bridgehead atoms. The van der Waals surface area contributed by atoms with Crippen LogP contribution in [0.25, 0.3) is 0 Å². The predicted molar refractivity (Wildman–Crippen MR) is 70.5 cm³/mol. The van der Waals surface area contributed by atoms with Crippen LogP contribution in [0.15, 0.2) is 12.3 Å². The summed E-state index contributed by atoms with van der Waals surface area (Å²) in [6, 6.07) is 1.85. The molecule has 1 aromatic heterocycles. The van der Waals surface area contributed by atoms with E-state index in [9.17, 15) is 4.79 Å². The summed E-state index contributed by atoms with van der Waals surface area (Å²) in [6.45, 7) is 7.77. The van der Waals surface area contributed by atoms with Crippen LogP contribution in [0.4, 0.5) is 16.6 Å². The third-order valence-corrected chi connectivity index (χ3v) is 2.66. The van der Waals surface area contributed by atoms with Gasteiger partial charge in [0, 0.05) is 25.3 Å². The highest BCUT2D eigenvalue weighted by atomic mass is 16.2. The minimum absolute atomic E-state index is 0.0951. The molecule has 1 aromatic rings. The van der Waals surface area contributed by atoms with Crippen molar-refractivity contribution in [3.05, 3.63) is 12.3 Å². The quantitative estimate of drug-likeness (QED) is 0.856. The molecule has 98 valence electrons. The van der Waals surface area contributed by atoms with Crippen molar-refractivity contribution in [2.24, 2.45) is 5.92 Å². The van der Waals surface area contributed by atoms with Crippen LogP contribution in [0, 0.1) is 5.92 Å². The van der Waals surface area contributed by atoms with E-state index in [1.807, 2.05) is 13.8 Å². The Morgan fingerprint density at radius 3 is 2.83 bits per heavy atom. The molecule has 1 saturated heterocycles. The number of nitrogens with one attached hydrogen (secondary N) is 2. The second kappa shape index (κ2) is 5.20. The average Bonchev–Trinajstić information content (AvgIpc) is 2.24. The Bertz CT molecular complexity index is 428. The zero-order valence-electron chi connectivity index (χ0n) is 11.0. The number of carbonyl (C=O) groups is 1. The molecular formula is C12H19N5O. The molecule has 0 aromatic carbocycles. The molecule has 0 spiro atoms. The van der Waals surface area contributed by atoms with Crippen LogP contribution in [0.3, 0.4) is 0 Å². The summed E-state index contributed by atoms with van der Waals surface area (Å²) in [5, 5.41) is 5.87. The van der Waals surface area contributed by atoms with Gasteiger partial charge < -0.3 is 10.2 Å². The third-order valence-electron chi connectivity index (χ3n) is 2.66. The second-order valence-electron chi connectivity index (χ2n) is 5.00. The Balaban J connectivity index is 1.94. The number of urea groups is 1. The van der Waals surface area contributed by atoms with E-state index in [4.69, 9.17) is 0 Å². The standard InChI is InChI=1S/C12H19N5O/c1-8(2)14-11-13-5-4-10(15-11)16-12(18)17-6-9(3)7-17/h4-5,8-9H,6-7H2,1-3H3,(H2,13,14,15,16,18). The topological polar surface area (TPSA) is 70.2 Å². The van der Waals surface area contributed by atoms with Crippen LogP contribution >= 0.6 is 0 Å². The molecule has 0 aliphatic carbocycles. The number of carbonyl (C=O) groups excluding carboxylic acids is 1. The first-order valence-corrected chi connectivity index (χ1v) is 6.20. The van der Waals surface area contributed by atoms with E-state index in [1.54, 1.807) is 17.2 Å². The molecule has 1 aliphatic rings. The molecule has 2 heterocycles. The lowest BCUT2D eigenvalue weighted by atomic mass is 10.0. The van der Waals surface area contributed by atoms with Crippen molar-refractivity contribution in [1.82, 2.24) is 14.9 Å². The molecule has 0 radical (unpaired) electrons. The monoisotopic (exact) mass is 249 g/mol. The van der Waals surface area contributed by atoms with Gasteiger partial charge in [0.25, 0.3) is 0 Å². The van der Waals surface area contributed by atoms with Crippen molar-refractivity contribution in [1.29, 1.82) is 0 Å². The lowest BCUT2D eigenvalue weighted by Crippen LogP contribution is -2.50. The highest BCUT2D eigenvalue weighted by molar-refractivity contribution is 5.88. The molecule has 18 heavy (non-hydrogen) atoms. The van der Waals surface area contributed by atoms with Gasteiger partial charge in [-0.05, 0) is 25.8 Å². The summed E-state index contributed by atoms with van der Waals surface area (Å²) in [6.07, 6.45) is 1.63. The molecular weight excluding hydrogens is 230 g/mol. The Morgan fingerprint density at radius 2 is 2.22 bits per heavy atom. The van der Waals surface area contributed by atoms with Gasteiger partial charge in [-0.1, -0.05) is 6.92 Å².